The zero-order chi connectivity index (χ0) is 18.5. The molecule has 1 aliphatic heterocycles. The predicted octanol–water partition coefficient (Wildman–Crippen LogP) is 3.83. The van der Waals surface area contributed by atoms with Gasteiger partial charge in [0, 0.05) is 4.88 Å². The van der Waals surface area contributed by atoms with Crippen LogP contribution in [0, 0.1) is 13.8 Å². The number of aromatic nitrogens is 5. The molecule has 7 heteroatoms. The fraction of sp³-hybridized carbons (Fsp3) is 0.400. The van der Waals surface area contributed by atoms with Gasteiger partial charge in [-0.25, -0.2) is 14.5 Å². The van der Waals surface area contributed by atoms with Crippen LogP contribution >= 0.6 is 11.3 Å². The van der Waals surface area contributed by atoms with Gasteiger partial charge in [-0.3, -0.25) is 4.98 Å². The second-order valence-electron chi connectivity index (χ2n) is 7.54. The summed E-state index contributed by atoms with van der Waals surface area (Å²) in [6.45, 7) is 6.37. The van der Waals surface area contributed by atoms with Crippen LogP contribution in [0.3, 0.4) is 0 Å². The van der Waals surface area contributed by atoms with Gasteiger partial charge in [-0.1, -0.05) is 0 Å². The Morgan fingerprint density at radius 1 is 1.07 bits per heavy atom. The quantitative estimate of drug-likeness (QED) is 0.531. The van der Waals surface area contributed by atoms with Crippen molar-refractivity contribution in [3.8, 4) is 11.4 Å². The third kappa shape index (κ3) is 3.00. The van der Waals surface area contributed by atoms with Crippen molar-refractivity contribution in [2.75, 3.05) is 20.1 Å². The van der Waals surface area contributed by atoms with Crippen LogP contribution in [-0.4, -0.2) is 49.6 Å². The van der Waals surface area contributed by atoms with Crippen LogP contribution in [-0.2, 0) is 0 Å². The summed E-state index contributed by atoms with van der Waals surface area (Å²) in [7, 11) is 2.20. The molecule has 1 saturated heterocycles. The highest BCUT2D eigenvalue weighted by Gasteiger charge is 2.21. The highest BCUT2D eigenvalue weighted by atomic mass is 32.1. The second kappa shape index (κ2) is 6.35. The van der Waals surface area contributed by atoms with E-state index >= 15 is 0 Å². The zero-order valence-electron chi connectivity index (χ0n) is 15.8. The van der Waals surface area contributed by atoms with Crippen molar-refractivity contribution >= 4 is 27.3 Å². The molecule has 0 saturated carbocycles. The molecule has 1 fully saturated rings. The minimum absolute atomic E-state index is 0.635. The van der Waals surface area contributed by atoms with Crippen molar-refractivity contribution < 1.29 is 0 Å². The molecule has 6 nitrogen and oxygen atoms in total. The molecule has 138 valence electrons. The largest absolute Gasteiger partial charge is 0.306 e. The maximum Gasteiger partial charge on any atom is 0.156 e. The van der Waals surface area contributed by atoms with E-state index in [9.17, 15) is 0 Å². The number of hydrogen-bond acceptors (Lipinski definition) is 6. The molecule has 4 aromatic rings. The van der Waals surface area contributed by atoms with Gasteiger partial charge in [-0.2, -0.15) is 5.10 Å². The van der Waals surface area contributed by atoms with Gasteiger partial charge in [0.2, 0.25) is 0 Å². The summed E-state index contributed by atoms with van der Waals surface area (Å²) in [6, 6.07) is 4.27. The van der Waals surface area contributed by atoms with E-state index in [-0.39, 0.29) is 0 Å². The molecule has 0 atom stereocenters. The number of hydrogen-bond donors (Lipinski definition) is 0. The number of imidazole rings is 1. The first-order chi connectivity index (χ1) is 13.1. The minimum atomic E-state index is 0.635. The average Bonchev–Trinajstić information content (AvgIpc) is 3.24. The summed E-state index contributed by atoms with van der Waals surface area (Å²) in [5, 5.41) is 4.69. The third-order valence-corrected chi connectivity index (χ3v) is 6.55. The van der Waals surface area contributed by atoms with Gasteiger partial charge in [-0.15, -0.1) is 11.3 Å². The molecule has 0 N–H and O–H groups in total. The van der Waals surface area contributed by atoms with Crippen LogP contribution in [0.25, 0.3) is 27.4 Å². The number of fused-ring (bicyclic) bond motifs is 2. The lowest BCUT2D eigenvalue weighted by Crippen LogP contribution is -2.28. The van der Waals surface area contributed by atoms with Crippen LogP contribution in [0.2, 0.25) is 0 Å². The molecule has 0 aromatic carbocycles. The maximum atomic E-state index is 4.88. The van der Waals surface area contributed by atoms with E-state index in [2.05, 4.69) is 40.0 Å². The summed E-state index contributed by atoms with van der Waals surface area (Å²) in [5.41, 5.74) is 5.59. The van der Waals surface area contributed by atoms with E-state index in [4.69, 9.17) is 4.98 Å². The van der Waals surface area contributed by atoms with Crippen LogP contribution in [0.1, 0.15) is 34.9 Å². The van der Waals surface area contributed by atoms with Gasteiger partial charge in [0.15, 0.2) is 5.65 Å². The summed E-state index contributed by atoms with van der Waals surface area (Å²) in [4.78, 5) is 18.9. The van der Waals surface area contributed by atoms with E-state index in [0.29, 0.717) is 5.92 Å². The van der Waals surface area contributed by atoms with E-state index < -0.39 is 0 Å². The molecule has 1 aliphatic rings. The highest BCUT2D eigenvalue weighted by molar-refractivity contribution is 7.18. The fourth-order valence-electron chi connectivity index (χ4n) is 3.82. The number of thiophene rings is 1. The lowest BCUT2D eigenvalue weighted by atomic mass is 9.95. The Bertz CT molecular complexity index is 1140. The van der Waals surface area contributed by atoms with Crippen molar-refractivity contribution in [3.63, 3.8) is 0 Å². The molecule has 0 bridgehead atoms. The summed E-state index contributed by atoms with van der Waals surface area (Å²) < 4.78 is 1.84. The minimum Gasteiger partial charge on any atom is -0.306 e. The Balaban J connectivity index is 1.53. The van der Waals surface area contributed by atoms with Crippen molar-refractivity contribution in [2.45, 2.75) is 32.6 Å². The summed E-state index contributed by atoms with van der Waals surface area (Å²) in [6.07, 6.45) is 6.22. The Kier molecular flexibility index (Phi) is 3.94. The zero-order valence-corrected chi connectivity index (χ0v) is 16.6. The second-order valence-corrected chi connectivity index (χ2v) is 8.60. The SMILES string of the molecule is Cc1cn2nc(-c3cnc4cc(C5CCN(C)CC5)sc4n3)cc(C)c2n1. The first kappa shape index (κ1) is 16.8. The van der Waals surface area contributed by atoms with Crippen molar-refractivity contribution in [1.29, 1.82) is 0 Å². The van der Waals surface area contributed by atoms with Gasteiger partial charge in [0.1, 0.15) is 21.7 Å². The van der Waals surface area contributed by atoms with Gasteiger partial charge in [0.25, 0.3) is 0 Å². The average molecular weight is 379 g/mol. The van der Waals surface area contributed by atoms with Crippen LogP contribution in [0.5, 0.6) is 0 Å². The molecule has 27 heavy (non-hydrogen) atoms. The molecule has 4 aromatic heterocycles. The Labute approximate surface area is 161 Å². The number of likely N-dealkylation sites (tertiary alicyclic amines) is 1. The number of piperidine rings is 1. The van der Waals surface area contributed by atoms with Crippen molar-refractivity contribution in [3.05, 3.63) is 40.7 Å². The molecule has 0 spiro atoms. The standard InChI is InChI=1S/C20H22N6S/c1-12-8-15(24-26-11-13(2)22-19(12)26)17-10-21-16-9-18(27-20(16)23-17)14-4-6-25(3)7-5-14/h8-11,14H,4-7H2,1-3H3. The van der Waals surface area contributed by atoms with Crippen molar-refractivity contribution in [1.82, 2.24) is 29.5 Å². The molecule has 0 unspecified atom stereocenters. The Morgan fingerprint density at radius 3 is 2.70 bits per heavy atom. The molecule has 0 amide bonds. The topological polar surface area (TPSA) is 59.2 Å². The lowest BCUT2D eigenvalue weighted by Gasteiger charge is -2.28. The van der Waals surface area contributed by atoms with Crippen LogP contribution in [0.15, 0.2) is 24.5 Å². The van der Waals surface area contributed by atoms with Crippen LogP contribution < -0.4 is 0 Å². The molecule has 0 radical (unpaired) electrons. The third-order valence-electron chi connectivity index (χ3n) is 5.37. The molecular formula is C20H22N6S. The number of rotatable bonds is 2. The molecule has 0 aliphatic carbocycles. The Hall–Kier alpha value is -2.38. The van der Waals surface area contributed by atoms with E-state index in [0.717, 1.165) is 38.6 Å². The maximum absolute atomic E-state index is 4.88. The number of aryl methyl sites for hydroxylation is 2. The molecule has 5 heterocycles. The van der Waals surface area contributed by atoms with Gasteiger partial charge < -0.3 is 4.90 Å². The van der Waals surface area contributed by atoms with Gasteiger partial charge in [-0.05, 0) is 70.4 Å². The van der Waals surface area contributed by atoms with E-state index in [1.165, 1.54) is 30.8 Å². The highest BCUT2D eigenvalue weighted by Crippen LogP contribution is 2.35. The Morgan fingerprint density at radius 2 is 1.89 bits per heavy atom. The molecular weight excluding hydrogens is 356 g/mol. The van der Waals surface area contributed by atoms with Gasteiger partial charge in [0.05, 0.1) is 18.1 Å². The normalized spacial score (nSPS) is 16.6. The monoisotopic (exact) mass is 378 g/mol. The summed E-state index contributed by atoms with van der Waals surface area (Å²) in [5.74, 6) is 0.635. The van der Waals surface area contributed by atoms with Crippen molar-refractivity contribution in [2.24, 2.45) is 0 Å². The lowest BCUT2D eigenvalue weighted by molar-refractivity contribution is 0.257. The van der Waals surface area contributed by atoms with Gasteiger partial charge >= 0.3 is 0 Å². The first-order valence-electron chi connectivity index (χ1n) is 9.36. The molecule has 5 rings (SSSR count). The predicted molar refractivity (Wildman–Crippen MR) is 108 cm³/mol. The summed E-state index contributed by atoms with van der Waals surface area (Å²) >= 11 is 1.79. The van der Waals surface area contributed by atoms with E-state index in [1.807, 2.05) is 29.9 Å². The first-order valence-corrected chi connectivity index (χ1v) is 10.2. The van der Waals surface area contributed by atoms with E-state index in [1.54, 1.807) is 11.3 Å². The smallest absolute Gasteiger partial charge is 0.156 e. The number of nitrogens with zero attached hydrogens (tertiary/aromatic N) is 6. The van der Waals surface area contributed by atoms with Crippen LogP contribution in [0.4, 0.5) is 0 Å². The fourth-order valence-corrected chi connectivity index (χ4v) is 4.98.